The highest BCUT2D eigenvalue weighted by Gasteiger charge is 2.39. The first kappa shape index (κ1) is 15.5. The van der Waals surface area contributed by atoms with Crippen LogP contribution < -0.4 is 9.64 Å². The molecule has 0 radical (unpaired) electrons. The summed E-state index contributed by atoms with van der Waals surface area (Å²) in [7, 11) is 2.72. The Labute approximate surface area is 124 Å². The van der Waals surface area contributed by atoms with Gasteiger partial charge in [-0.1, -0.05) is 0 Å². The maximum Gasteiger partial charge on any atom is 0.273 e. The fourth-order valence-electron chi connectivity index (χ4n) is 2.10. The zero-order valence-corrected chi connectivity index (χ0v) is 12.4. The van der Waals surface area contributed by atoms with Gasteiger partial charge in [0, 0.05) is 29.7 Å². The zero-order chi connectivity index (χ0) is 15.8. The number of carbonyl (C=O) groups is 1. The lowest BCUT2D eigenvalue weighted by molar-refractivity contribution is -0.384. The van der Waals surface area contributed by atoms with Gasteiger partial charge in [-0.3, -0.25) is 14.9 Å². The van der Waals surface area contributed by atoms with Gasteiger partial charge < -0.3 is 9.64 Å². The molecular formula is C11H11ClN2O6S. The van der Waals surface area contributed by atoms with E-state index in [9.17, 15) is 23.3 Å². The maximum atomic E-state index is 11.9. The van der Waals surface area contributed by atoms with E-state index in [1.807, 2.05) is 0 Å². The number of methoxy groups -OCH3 is 1. The molecule has 1 aromatic rings. The molecule has 1 fully saturated rings. The summed E-state index contributed by atoms with van der Waals surface area (Å²) in [5.41, 5.74) is 0.0830. The Hall–Kier alpha value is -1.87. The lowest BCUT2D eigenvalue weighted by Crippen LogP contribution is -2.27. The first-order valence-electron chi connectivity index (χ1n) is 5.80. The fraction of sp³-hybridized carbons (Fsp3) is 0.364. The topological polar surface area (TPSA) is 107 Å². The van der Waals surface area contributed by atoms with Crippen LogP contribution >= 0.6 is 10.7 Å². The van der Waals surface area contributed by atoms with E-state index >= 15 is 0 Å². The van der Waals surface area contributed by atoms with Crippen molar-refractivity contribution in [2.45, 2.75) is 11.7 Å². The summed E-state index contributed by atoms with van der Waals surface area (Å²) in [6, 6.07) is 3.73. The van der Waals surface area contributed by atoms with E-state index < -0.39 is 25.1 Å². The number of amides is 1. The summed E-state index contributed by atoms with van der Waals surface area (Å²) in [6.45, 7) is -0.112. The number of nitro benzene ring substituents is 1. The SMILES string of the molecule is COc1cc([N+](=O)[O-])ccc1N1CC(S(=O)(=O)Cl)CC1=O. The molecule has 0 bridgehead atoms. The van der Waals surface area contributed by atoms with E-state index in [2.05, 4.69) is 0 Å². The molecule has 1 atom stereocenters. The summed E-state index contributed by atoms with van der Waals surface area (Å²) in [4.78, 5) is 23.3. The Balaban J connectivity index is 2.38. The Morgan fingerprint density at radius 2 is 2.14 bits per heavy atom. The van der Waals surface area contributed by atoms with Crippen LogP contribution in [0.3, 0.4) is 0 Å². The molecule has 1 aromatic carbocycles. The maximum absolute atomic E-state index is 11.9. The number of carbonyl (C=O) groups excluding carboxylic acids is 1. The summed E-state index contributed by atoms with van der Waals surface area (Å²) < 4.78 is 27.7. The average Bonchev–Trinajstić information content (AvgIpc) is 2.79. The molecule has 2 rings (SSSR count). The second-order valence-corrected chi connectivity index (χ2v) is 7.33. The smallest absolute Gasteiger partial charge is 0.273 e. The van der Waals surface area contributed by atoms with E-state index in [0.29, 0.717) is 0 Å². The lowest BCUT2D eigenvalue weighted by atomic mass is 10.2. The highest BCUT2D eigenvalue weighted by molar-refractivity contribution is 8.14. The zero-order valence-electron chi connectivity index (χ0n) is 10.9. The van der Waals surface area contributed by atoms with Crippen LogP contribution in [0.4, 0.5) is 11.4 Å². The van der Waals surface area contributed by atoms with Crippen molar-refractivity contribution in [3.63, 3.8) is 0 Å². The average molecular weight is 335 g/mol. The Bertz CT molecular complexity index is 705. The number of hydrogen-bond donors (Lipinski definition) is 0. The molecule has 10 heteroatoms. The fourth-order valence-corrected chi connectivity index (χ4v) is 3.13. The van der Waals surface area contributed by atoms with Gasteiger partial charge in [-0.25, -0.2) is 8.42 Å². The first-order valence-corrected chi connectivity index (χ1v) is 8.17. The first-order chi connectivity index (χ1) is 9.74. The minimum absolute atomic E-state index is 0.112. The van der Waals surface area contributed by atoms with Crippen molar-refractivity contribution in [3.8, 4) is 5.75 Å². The quantitative estimate of drug-likeness (QED) is 0.466. The number of nitro groups is 1. The number of anilines is 1. The van der Waals surface area contributed by atoms with E-state index in [4.69, 9.17) is 15.4 Å². The lowest BCUT2D eigenvalue weighted by Gasteiger charge is -2.18. The Morgan fingerprint density at radius 1 is 1.48 bits per heavy atom. The van der Waals surface area contributed by atoms with Gasteiger partial charge in [0.2, 0.25) is 15.0 Å². The van der Waals surface area contributed by atoms with Crippen molar-refractivity contribution in [2.75, 3.05) is 18.6 Å². The predicted octanol–water partition coefficient (Wildman–Crippen LogP) is 1.28. The molecule has 8 nitrogen and oxygen atoms in total. The third-order valence-corrected chi connectivity index (χ3v) is 5.02. The van der Waals surface area contributed by atoms with Gasteiger partial charge in [-0.2, -0.15) is 0 Å². The van der Waals surface area contributed by atoms with Crippen LogP contribution in [-0.4, -0.2) is 38.2 Å². The molecule has 1 aliphatic rings. The van der Waals surface area contributed by atoms with Crippen molar-refractivity contribution in [3.05, 3.63) is 28.3 Å². The standard InChI is InChI=1S/C11H11ClN2O6S/c1-20-10-4-7(14(16)17)2-3-9(10)13-6-8(5-11(13)15)21(12,18)19/h2-4,8H,5-6H2,1H3. The molecule has 0 aromatic heterocycles. The van der Waals surface area contributed by atoms with Gasteiger partial charge in [-0.15, -0.1) is 0 Å². The number of halogens is 1. The van der Waals surface area contributed by atoms with Crippen molar-refractivity contribution >= 4 is 37.0 Å². The van der Waals surface area contributed by atoms with E-state index in [1.54, 1.807) is 0 Å². The molecule has 1 amide bonds. The van der Waals surface area contributed by atoms with Crippen molar-refractivity contribution < 1.29 is 22.9 Å². The Kier molecular flexibility index (Phi) is 4.06. The predicted molar refractivity (Wildman–Crippen MR) is 75.2 cm³/mol. The third-order valence-electron chi connectivity index (χ3n) is 3.15. The van der Waals surface area contributed by atoms with Crippen LogP contribution in [0.15, 0.2) is 18.2 Å². The summed E-state index contributed by atoms with van der Waals surface area (Å²) in [5.74, 6) is -0.318. The number of non-ortho nitro benzene ring substituents is 1. The van der Waals surface area contributed by atoms with Crippen LogP contribution in [0.25, 0.3) is 0 Å². The van der Waals surface area contributed by atoms with Gasteiger partial charge in [0.15, 0.2) is 0 Å². The van der Waals surface area contributed by atoms with Crippen LogP contribution in [0, 0.1) is 10.1 Å². The number of rotatable bonds is 4. The van der Waals surface area contributed by atoms with Crippen LogP contribution in [0.2, 0.25) is 0 Å². The number of hydrogen-bond acceptors (Lipinski definition) is 6. The van der Waals surface area contributed by atoms with Crippen LogP contribution in [0.5, 0.6) is 5.75 Å². The molecule has 0 spiro atoms. The number of benzene rings is 1. The number of nitrogens with zero attached hydrogens (tertiary/aromatic N) is 2. The van der Waals surface area contributed by atoms with E-state index in [0.717, 1.165) is 0 Å². The summed E-state index contributed by atoms with van der Waals surface area (Å²) in [6.07, 6.45) is -0.230. The monoisotopic (exact) mass is 334 g/mol. The van der Waals surface area contributed by atoms with E-state index in [1.165, 1.54) is 30.2 Å². The molecule has 1 saturated heterocycles. The molecule has 0 aliphatic carbocycles. The van der Waals surface area contributed by atoms with Crippen LogP contribution in [0.1, 0.15) is 6.42 Å². The van der Waals surface area contributed by atoms with Gasteiger partial charge in [-0.05, 0) is 6.07 Å². The second-order valence-electron chi connectivity index (χ2n) is 4.42. The summed E-state index contributed by atoms with van der Waals surface area (Å²) in [5, 5.41) is 9.71. The van der Waals surface area contributed by atoms with Gasteiger partial charge in [0.25, 0.3) is 5.69 Å². The molecule has 114 valence electrons. The summed E-state index contributed by atoms with van der Waals surface area (Å²) >= 11 is 0. The highest BCUT2D eigenvalue weighted by Crippen LogP contribution is 2.35. The highest BCUT2D eigenvalue weighted by atomic mass is 35.7. The van der Waals surface area contributed by atoms with Crippen molar-refractivity contribution in [1.82, 2.24) is 0 Å². The largest absolute Gasteiger partial charge is 0.494 e. The molecule has 0 saturated carbocycles. The minimum Gasteiger partial charge on any atom is -0.494 e. The normalized spacial score (nSPS) is 18.9. The molecule has 0 N–H and O–H groups in total. The van der Waals surface area contributed by atoms with Gasteiger partial charge in [0.1, 0.15) is 11.0 Å². The number of ether oxygens (including phenoxy) is 1. The second kappa shape index (κ2) is 5.49. The van der Waals surface area contributed by atoms with Gasteiger partial charge in [0.05, 0.1) is 23.8 Å². The molecule has 21 heavy (non-hydrogen) atoms. The molecular weight excluding hydrogens is 324 g/mol. The van der Waals surface area contributed by atoms with Crippen molar-refractivity contribution in [1.29, 1.82) is 0 Å². The molecule has 1 unspecified atom stereocenters. The van der Waals surface area contributed by atoms with Crippen molar-refractivity contribution in [2.24, 2.45) is 0 Å². The molecule has 1 heterocycles. The Morgan fingerprint density at radius 3 is 2.62 bits per heavy atom. The third kappa shape index (κ3) is 3.08. The molecule has 1 aliphatic heterocycles. The van der Waals surface area contributed by atoms with Gasteiger partial charge >= 0.3 is 0 Å². The van der Waals surface area contributed by atoms with Crippen LogP contribution in [-0.2, 0) is 13.8 Å². The van der Waals surface area contributed by atoms with E-state index in [-0.39, 0.29) is 30.1 Å². The minimum atomic E-state index is -3.86.